The molecule has 3 rings (SSSR count). The lowest BCUT2D eigenvalue weighted by molar-refractivity contribution is -0.384. The highest BCUT2D eigenvalue weighted by Gasteiger charge is 2.32. The molecule has 0 N–H and O–H groups in total. The number of anilines is 1. The van der Waals surface area contributed by atoms with Crippen LogP contribution < -0.4 is 4.31 Å². The van der Waals surface area contributed by atoms with Gasteiger partial charge in [0.25, 0.3) is 15.7 Å². The van der Waals surface area contributed by atoms with Crippen LogP contribution in [0.5, 0.6) is 0 Å². The second-order valence-corrected chi connectivity index (χ2v) is 7.08. The Morgan fingerprint density at radius 1 is 1.18 bits per heavy atom. The maximum atomic E-state index is 12.8. The van der Waals surface area contributed by atoms with Gasteiger partial charge in [0.05, 0.1) is 15.5 Å². The number of sulfonamides is 1. The standard InChI is InChI=1S/C15H14N2O4S/c1-11-3-2-4-14(9-11)22(20,21)16-8-7-12-5-6-13(17(18)19)10-15(12)16/h2-6,9-10H,7-8H2,1H3. The number of nitro groups is 1. The summed E-state index contributed by atoms with van der Waals surface area (Å²) in [5.41, 5.74) is 1.95. The molecule has 6 nitrogen and oxygen atoms in total. The lowest BCUT2D eigenvalue weighted by atomic mass is 10.1. The van der Waals surface area contributed by atoms with Crippen LogP contribution in [0.1, 0.15) is 11.1 Å². The molecule has 0 saturated carbocycles. The predicted molar refractivity (Wildman–Crippen MR) is 82.5 cm³/mol. The molecule has 0 bridgehead atoms. The van der Waals surface area contributed by atoms with Crippen LogP contribution in [0, 0.1) is 17.0 Å². The maximum absolute atomic E-state index is 12.8. The zero-order valence-corrected chi connectivity index (χ0v) is 12.7. The smallest absolute Gasteiger partial charge is 0.265 e. The van der Waals surface area contributed by atoms with Gasteiger partial charge in [0.15, 0.2) is 0 Å². The van der Waals surface area contributed by atoms with Crippen molar-refractivity contribution in [2.75, 3.05) is 10.8 Å². The molecular weight excluding hydrogens is 304 g/mol. The quantitative estimate of drug-likeness (QED) is 0.643. The molecule has 114 valence electrons. The summed E-state index contributed by atoms with van der Waals surface area (Å²) in [4.78, 5) is 10.6. The van der Waals surface area contributed by atoms with E-state index >= 15 is 0 Å². The van der Waals surface area contributed by atoms with Crippen molar-refractivity contribution >= 4 is 21.4 Å². The van der Waals surface area contributed by atoms with Crippen molar-refractivity contribution in [3.8, 4) is 0 Å². The van der Waals surface area contributed by atoms with Crippen LogP contribution in [0.15, 0.2) is 47.4 Å². The average Bonchev–Trinajstić information content (AvgIpc) is 2.90. The van der Waals surface area contributed by atoms with Gasteiger partial charge in [-0.1, -0.05) is 18.2 Å². The number of fused-ring (bicyclic) bond motifs is 1. The van der Waals surface area contributed by atoms with Crippen LogP contribution in [-0.4, -0.2) is 19.9 Å². The lowest BCUT2D eigenvalue weighted by Gasteiger charge is -2.19. The number of hydrogen-bond acceptors (Lipinski definition) is 4. The van der Waals surface area contributed by atoms with Gasteiger partial charge in [-0.15, -0.1) is 0 Å². The Morgan fingerprint density at radius 3 is 2.64 bits per heavy atom. The molecule has 0 amide bonds. The van der Waals surface area contributed by atoms with Crippen LogP contribution >= 0.6 is 0 Å². The molecular formula is C15H14N2O4S. The summed E-state index contributed by atoms with van der Waals surface area (Å²) in [6.45, 7) is 2.12. The molecule has 0 aromatic heterocycles. The zero-order chi connectivity index (χ0) is 15.9. The van der Waals surface area contributed by atoms with Crippen LogP contribution in [0.2, 0.25) is 0 Å². The monoisotopic (exact) mass is 318 g/mol. The van der Waals surface area contributed by atoms with Crippen molar-refractivity contribution in [3.05, 3.63) is 63.7 Å². The summed E-state index contributed by atoms with van der Waals surface area (Å²) in [6, 6.07) is 11.0. The molecule has 7 heteroatoms. The number of benzene rings is 2. The number of nitro benzene ring substituents is 1. The molecule has 0 atom stereocenters. The van der Waals surface area contributed by atoms with E-state index < -0.39 is 14.9 Å². The van der Waals surface area contributed by atoms with Gasteiger partial charge >= 0.3 is 0 Å². The van der Waals surface area contributed by atoms with Crippen LogP contribution in [0.25, 0.3) is 0 Å². The number of hydrogen-bond donors (Lipinski definition) is 0. The highest BCUT2D eigenvalue weighted by molar-refractivity contribution is 7.92. The minimum absolute atomic E-state index is 0.106. The van der Waals surface area contributed by atoms with E-state index in [4.69, 9.17) is 0 Å². The lowest BCUT2D eigenvalue weighted by Crippen LogP contribution is -2.29. The highest BCUT2D eigenvalue weighted by atomic mass is 32.2. The van der Waals surface area contributed by atoms with Crippen molar-refractivity contribution in [3.63, 3.8) is 0 Å². The van der Waals surface area contributed by atoms with Gasteiger partial charge in [-0.05, 0) is 36.6 Å². The van der Waals surface area contributed by atoms with Crippen LogP contribution in [0.3, 0.4) is 0 Å². The van der Waals surface area contributed by atoms with E-state index in [0.29, 0.717) is 18.7 Å². The van der Waals surface area contributed by atoms with Gasteiger partial charge in [-0.25, -0.2) is 8.42 Å². The second kappa shape index (κ2) is 5.10. The van der Waals surface area contributed by atoms with Gasteiger partial charge in [0.1, 0.15) is 0 Å². The van der Waals surface area contributed by atoms with Crippen LogP contribution in [-0.2, 0) is 16.4 Å². The number of nitrogens with zero attached hydrogens (tertiary/aromatic N) is 2. The molecule has 1 aliphatic heterocycles. The first kappa shape index (κ1) is 14.5. The first-order valence-corrected chi connectivity index (χ1v) is 8.20. The Morgan fingerprint density at radius 2 is 1.95 bits per heavy atom. The fraction of sp³-hybridized carbons (Fsp3) is 0.200. The third-order valence-corrected chi connectivity index (χ3v) is 5.52. The van der Waals surface area contributed by atoms with Gasteiger partial charge in [-0.3, -0.25) is 14.4 Å². The van der Waals surface area contributed by atoms with E-state index in [2.05, 4.69) is 0 Å². The summed E-state index contributed by atoms with van der Waals surface area (Å²) >= 11 is 0. The zero-order valence-electron chi connectivity index (χ0n) is 11.9. The summed E-state index contributed by atoms with van der Waals surface area (Å²) in [5.74, 6) is 0. The molecule has 0 spiro atoms. The molecule has 0 saturated heterocycles. The number of rotatable bonds is 3. The van der Waals surface area contributed by atoms with E-state index in [-0.39, 0.29) is 10.6 Å². The molecule has 22 heavy (non-hydrogen) atoms. The van der Waals surface area contributed by atoms with Crippen molar-refractivity contribution in [2.45, 2.75) is 18.2 Å². The summed E-state index contributed by atoms with van der Waals surface area (Å²) in [5, 5.41) is 10.9. The number of aryl methyl sites for hydroxylation is 1. The van der Waals surface area contributed by atoms with Gasteiger partial charge in [-0.2, -0.15) is 0 Å². The van der Waals surface area contributed by atoms with Gasteiger partial charge < -0.3 is 0 Å². The largest absolute Gasteiger partial charge is 0.271 e. The normalized spacial score (nSPS) is 14.0. The van der Waals surface area contributed by atoms with Crippen molar-refractivity contribution in [2.24, 2.45) is 0 Å². The third-order valence-electron chi connectivity index (χ3n) is 3.71. The molecule has 0 unspecified atom stereocenters. The third kappa shape index (κ3) is 2.33. The molecule has 2 aromatic rings. The maximum Gasteiger partial charge on any atom is 0.271 e. The first-order chi connectivity index (χ1) is 10.4. The summed E-state index contributed by atoms with van der Waals surface area (Å²) < 4.78 is 26.8. The highest BCUT2D eigenvalue weighted by Crippen LogP contribution is 2.35. The molecule has 0 fully saturated rings. The Hall–Kier alpha value is -2.41. The van der Waals surface area contributed by atoms with E-state index in [0.717, 1.165) is 11.1 Å². The number of non-ortho nitro benzene ring substituents is 1. The van der Waals surface area contributed by atoms with Crippen molar-refractivity contribution in [1.82, 2.24) is 0 Å². The molecule has 1 aliphatic rings. The Balaban J connectivity index is 2.09. The molecule has 1 heterocycles. The predicted octanol–water partition coefficient (Wildman–Crippen LogP) is 2.65. The fourth-order valence-electron chi connectivity index (χ4n) is 2.60. The Kier molecular flexibility index (Phi) is 3.37. The summed E-state index contributed by atoms with van der Waals surface area (Å²) in [7, 11) is -3.71. The topological polar surface area (TPSA) is 80.5 Å². The Bertz CT molecular complexity index is 862. The van der Waals surface area contributed by atoms with Crippen molar-refractivity contribution < 1.29 is 13.3 Å². The van der Waals surface area contributed by atoms with Gasteiger partial charge in [0, 0.05) is 18.7 Å². The van der Waals surface area contributed by atoms with E-state index in [1.54, 1.807) is 18.2 Å². The van der Waals surface area contributed by atoms with Crippen molar-refractivity contribution in [1.29, 1.82) is 0 Å². The average molecular weight is 318 g/mol. The van der Waals surface area contributed by atoms with Gasteiger partial charge in [0.2, 0.25) is 0 Å². The van der Waals surface area contributed by atoms with E-state index in [1.165, 1.54) is 22.5 Å². The fourth-order valence-corrected chi connectivity index (χ4v) is 4.20. The van der Waals surface area contributed by atoms with Crippen LogP contribution in [0.4, 0.5) is 11.4 Å². The second-order valence-electron chi connectivity index (χ2n) is 5.21. The van der Waals surface area contributed by atoms with E-state index in [9.17, 15) is 18.5 Å². The minimum Gasteiger partial charge on any atom is -0.265 e. The van der Waals surface area contributed by atoms with E-state index in [1.807, 2.05) is 13.0 Å². The SMILES string of the molecule is Cc1cccc(S(=O)(=O)N2CCc3ccc([N+](=O)[O-])cc32)c1. The Labute approximate surface area is 128 Å². The molecule has 0 aliphatic carbocycles. The molecule has 2 aromatic carbocycles. The minimum atomic E-state index is -3.71. The first-order valence-electron chi connectivity index (χ1n) is 6.76. The summed E-state index contributed by atoms with van der Waals surface area (Å²) in [6.07, 6.45) is 0.554. The molecule has 0 radical (unpaired) electrons.